The maximum Gasteiger partial charge on any atom is 0.274 e. The van der Waals surface area contributed by atoms with Crippen molar-refractivity contribution in [3.8, 4) is 0 Å². The molecule has 24 heavy (non-hydrogen) atoms. The van der Waals surface area contributed by atoms with Gasteiger partial charge in [-0.1, -0.05) is 12.2 Å². The lowest BCUT2D eigenvalue weighted by molar-refractivity contribution is -0.0593. The Hall–Kier alpha value is -1.66. The molecule has 2 bridgehead atoms. The van der Waals surface area contributed by atoms with Crippen molar-refractivity contribution in [2.75, 3.05) is 26.3 Å². The number of rotatable bonds is 5. The highest BCUT2D eigenvalue weighted by Crippen LogP contribution is 2.43. The zero-order chi connectivity index (χ0) is 16.7. The number of nitrogens with zero attached hydrogens (tertiary/aromatic N) is 3. The van der Waals surface area contributed by atoms with Gasteiger partial charge in [-0.15, -0.1) is 0 Å². The molecule has 6 heteroatoms. The number of allylic oxidation sites excluding steroid dienone is 2. The van der Waals surface area contributed by atoms with Crippen LogP contribution in [-0.4, -0.2) is 53.2 Å². The number of aromatic nitrogens is 2. The van der Waals surface area contributed by atoms with Gasteiger partial charge in [0.2, 0.25) is 0 Å². The predicted molar refractivity (Wildman–Crippen MR) is 88.4 cm³/mol. The van der Waals surface area contributed by atoms with E-state index in [0.29, 0.717) is 43.2 Å². The van der Waals surface area contributed by atoms with Crippen LogP contribution in [0.2, 0.25) is 0 Å². The third kappa shape index (κ3) is 3.00. The molecule has 0 unspecified atom stereocenters. The van der Waals surface area contributed by atoms with Gasteiger partial charge in [0.05, 0.1) is 19.8 Å². The second-order valence-electron chi connectivity index (χ2n) is 7.22. The topological polar surface area (TPSA) is 56.6 Å². The van der Waals surface area contributed by atoms with Crippen LogP contribution < -0.4 is 0 Å². The summed E-state index contributed by atoms with van der Waals surface area (Å²) in [4.78, 5) is 14.9. The zero-order valence-corrected chi connectivity index (χ0v) is 14.4. The molecule has 0 aromatic carbocycles. The van der Waals surface area contributed by atoms with Gasteiger partial charge in [0, 0.05) is 19.3 Å². The predicted octanol–water partition coefficient (Wildman–Crippen LogP) is 1.76. The largest absolute Gasteiger partial charge is 0.348 e. The maximum atomic E-state index is 13.0. The molecule has 1 aromatic heterocycles. The summed E-state index contributed by atoms with van der Waals surface area (Å²) in [6.07, 6.45) is 6.77. The fourth-order valence-corrected chi connectivity index (χ4v) is 4.15. The molecular formula is C18H25N3O3. The maximum absolute atomic E-state index is 13.0. The Kier molecular flexibility index (Phi) is 4.18. The van der Waals surface area contributed by atoms with Crippen molar-refractivity contribution in [3.63, 3.8) is 0 Å². The Morgan fingerprint density at radius 1 is 1.29 bits per heavy atom. The fourth-order valence-electron chi connectivity index (χ4n) is 4.15. The van der Waals surface area contributed by atoms with Crippen molar-refractivity contribution in [1.29, 1.82) is 0 Å². The van der Waals surface area contributed by atoms with Crippen molar-refractivity contribution >= 4 is 5.91 Å². The fraction of sp³-hybridized carbons (Fsp3) is 0.667. The summed E-state index contributed by atoms with van der Waals surface area (Å²) in [5, 5.41) is 4.36. The van der Waals surface area contributed by atoms with E-state index in [4.69, 9.17) is 9.47 Å². The number of fused-ring (bicyclic) bond motifs is 2. The van der Waals surface area contributed by atoms with Crippen molar-refractivity contribution in [2.24, 2.45) is 24.8 Å². The molecule has 2 fully saturated rings. The first-order chi connectivity index (χ1) is 11.6. The van der Waals surface area contributed by atoms with Gasteiger partial charge < -0.3 is 14.4 Å². The molecule has 130 valence electrons. The van der Waals surface area contributed by atoms with E-state index in [1.807, 2.05) is 24.9 Å². The van der Waals surface area contributed by atoms with Gasteiger partial charge in [-0.3, -0.25) is 9.48 Å². The van der Waals surface area contributed by atoms with Gasteiger partial charge >= 0.3 is 0 Å². The van der Waals surface area contributed by atoms with E-state index in [9.17, 15) is 4.79 Å². The average molecular weight is 331 g/mol. The van der Waals surface area contributed by atoms with Crippen molar-refractivity contribution in [3.05, 3.63) is 29.6 Å². The quantitative estimate of drug-likeness (QED) is 0.772. The van der Waals surface area contributed by atoms with Gasteiger partial charge in [-0.25, -0.2) is 0 Å². The van der Waals surface area contributed by atoms with Crippen molar-refractivity contribution in [2.45, 2.75) is 26.1 Å². The van der Waals surface area contributed by atoms with Crippen LogP contribution in [0.5, 0.6) is 0 Å². The highest BCUT2D eigenvalue weighted by molar-refractivity contribution is 5.92. The van der Waals surface area contributed by atoms with Crippen LogP contribution in [-0.2, 0) is 16.5 Å². The molecule has 0 spiro atoms. The number of carbonyl (C=O) groups excluding carboxylic acids is 1. The molecule has 0 radical (unpaired) electrons. The Morgan fingerprint density at radius 3 is 2.67 bits per heavy atom. The summed E-state index contributed by atoms with van der Waals surface area (Å²) in [6, 6.07) is 1.85. The van der Waals surface area contributed by atoms with Gasteiger partial charge in [-0.2, -0.15) is 5.10 Å². The van der Waals surface area contributed by atoms with E-state index in [1.165, 1.54) is 12.8 Å². The second kappa shape index (κ2) is 6.33. The average Bonchev–Trinajstić information content (AvgIpc) is 3.33. The van der Waals surface area contributed by atoms with Crippen molar-refractivity contribution in [1.82, 2.24) is 14.7 Å². The summed E-state index contributed by atoms with van der Waals surface area (Å²) in [6.45, 7) is 4.39. The van der Waals surface area contributed by atoms with Crippen LogP contribution in [0, 0.1) is 24.7 Å². The lowest BCUT2D eigenvalue weighted by Gasteiger charge is -2.29. The molecule has 0 N–H and O–H groups in total. The van der Waals surface area contributed by atoms with Crippen LogP contribution in [0.25, 0.3) is 0 Å². The first kappa shape index (κ1) is 15.8. The minimum Gasteiger partial charge on any atom is -0.348 e. The minimum absolute atomic E-state index is 0.0236. The number of aryl methyl sites for hydroxylation is 2. The minimum atomic E-state index is -0.312. The normalized spacial score (nSPS) is 28.8. The van der Waals surface area contributed by atoms with Gasteiger partial charge in [0.25, 0.3) is 5.91 Å². The van der Waals surface area contributed by atoms with Crippen LogP contribution >= 0.6 is 0 Å². The number of amides is 1. The molecule has 3 aliphatic rings. The zero-order valence-electron chi connectivity index (χ0n) is 14.4. The SMILES string of the molecule is Cc1cc(C(=O)N(CC2OCCO2)C[C@H]2C[C@@H]3C=C[C@H]2C3)nn1C. The summed E-state index contributed by atoms with van der Waals surface area (Å²) >= 11 is 0. The standard InChI is InChI=1S/C18H25N3O3/c1-12-7-16(19-20(12)2)18(22)21(11-17-23-5-6-24-17)10-15-9-13-3-4-14(15)8-13/h3-4,7,13-15,17H,5-6,8-11H2,1-2H3/t13-,14+,15-/m1/s1. The number of hydrogen-bond donors (Lipinski definition) is 0. The molecule has 3 atom stereocenters. The van der Waals surface area contributed by atoms with Crippen molar-refractivity contribution < 1.29 is 14.3 Å². The highest BCUT2D eigenvalue weighted by atomic mass is 16.7. The molecule has 2 heterocycles. The lowest BCUT2D eigenvalue weighted by Crippen LogP contribution is -2.42. The molecule has 1 aromatic rings. The van der Waals surface area contributed by atoms with E-state index < -0.39 is 0 Å². The van der Waals surface area contributed by atoms with E-state index >= 15 is 0 Å². The Morgan fingerprint density at radius 2 is 2.08 bits per heavy atom. The van der Waals surface area contributed by atoms with Crippen LogP contribution in [0.15, 0.2) is 18.2 Å². The summed E-state index contributed by atoms with van der Waals surface area (Å²) < 4.78 is 12.9. The lowest BCUT2D eigenvalue weighted by atomic mass is 9.93. The van der Waals surface area contributed by atoms with Crippen LogP contribution in [0.3, 0.4) is 0 Å². The summed E-state index contributed by atoms with van der Waals surface area (Å²) in [7, 11) is 1.86. The first-order valence-electron chi connectivity index (χ1n) is 8.81. The van der Waals surface area contributed by atoms with Gasteiger partial charge in [0.15, 0.2) is 12.0 Å². The Balaban J connectivity index is 1.50. The monoisotopic (exact) mass is 331 g/mol. The Bertz CT molecular complexity index is 628. The molecule has 1 aliphatic heterocycles. The number of ether oxygens (including phenoxy) is 2. The van der Waals surface area contributed by atoms with E-state index in [2.05, 4.69) is 17.3 Å². The molecule has 4 rings (SSSR count). The molecular weight excluding hydrogens is 306 g/mol. The summed E-state index contributed by atoms with van der Waals surface area (Å²) in [5.74, 6) is 1.83. The first-order valence-corrected chi connectivity index (χ1v) is 8.81. The van der Waals surface area contributed by atoms with Gasteiger partial charge in [-0.05, 0) is 43.6 Å². The molecule has 2 aliphatic carbocycles. The second-order valence-corrected chi connectivity index (χ2v) is 7.22. The van der Waals surface area contributed by atoms with E-state index in [0.717, 1.165) is 12.2 Å². The molecule has 1 saturated heterocycles. The third-order valence-corrected chi connectivity index (χ3v) is 5.55. The third-order valence-electron chi connectivity index (χ3n) is 5.55. The Labute approximate surface area is 142 Å². The molecule has 1 amide bonds. The summed E-state index contributed by atoms with van der Waals surface area (Å²) in [5.41, 5.74) is 1.49. The molecule has 1 saturated carbocycles. The number of carbonyl (C=O) groups is 1. The van der Waals surface area contributed by atoms with E-state index in [1.54, 1.807) is 4.68 Å². The van der Waals surface area contributed by atoms with E-state index in [-0.39, 0.29) is 12.2 Å². The number of hydrogen-bond acceptors (Lipinski definition) is 4. The highest BCUT2D eigenvalue weighted by Gasteiger charge is 2.38. The van der Waals surface area contributed by atoms with Gasteiger partial charge in [0.1, 0.15) is 0 Å². The van der Waals surface area contributed by atoms with Crippen LogP contribution in [0.4, 0.5) is 0 Å². The van der Waals surface area contributed by atoms with Crippen LogP contribution in [0.1, 0.15) is 29.0 Å². The smallest absolute Gasteiger partial charge is 0.274 e. The molecule has 6 nitrogen and oxygen atoms in total.